The van der Waals surface area contributed by atoms with E-state index in [0.717, 1.165) is 5.82 Å². The lowest BCUT2D eigenvalue weighted by molar-refractivity contribution is -0.144. The predicted molar refractivity (Wildman–Crippen MR) is 81.3 cm³/mol. The number of hydrogen-bond acceptors (Lipinski definition) is 5. The molecular formula is C14H18N4O2S. The Morgan fingerprint density at radius 1 is 1.38 bits per heavy atom. The number of nitrogens with one attached hydrogen (secondary N) is 1. The number of likely N-dealkylation sites (N-methyl/N-ethyl adjacent to an activating group) is 1. The molecule has 1 unspecified atom stereocenters. The summed E-state index contributed by atoms with van der Waals surface area (Å²) in [7, 11) is 3.52. The molecule has 0 amide bonds. The monoisotopic (exact) mass is 306 g/mol. The molecule has 0 fully saturated rings. The highest BCUT2D eigenvalue weighted by molar-refractivity contribution is 7.99. The number of benzene rings is 1. The number of aliphatic carboxylic acids is 1. The molecule has 2 N–H and O–H groups in total. The van der Waals surface area contributed by atoms with E-state index >= 15 is 0 Å². The normalized spacial score (nSPS) is 13.9. The van der Waals surface area contributed by atoms with Gasteiger partial charge in [0, 0.05) is 12.8 Å². The van der Waals surface area contributed by atoms with Crippen LogP contribution < -0.4 is 5.32 Å². The third kappa shape index (κ3) is 2.93. The van der Waals surface area contributed by atoms with E-state index < -0.39 is 11.5 Å². The van der Waals surface area contributed by atoms with E-state index in [1.165, 1.54) is 11.8 Å². The Hall–Kier alpha value is -1.86. The Bertz CT molecular complexity index is 629. The molecule has 0 aliphatic heterocycles. The van der Waals surface area contributed by atoms with Crippen LogP contribution in [0.1, 0.15) is 11.4 Å². The average Bonchev–Trinajstić information content (AvgIpc) is 2.81. The smallest absolute Gasteiger partial charge is 0.329 e. The zero-order valence-corrected chi connectivity index (χ0v) is 13.0. The summed E-state index contributed by atoms with van der Waals surface area (Å²) in [5.41, 5.74) is -0.447. The Morgan fingerprint density at radius 2 is 2.05 bits per heavy atom. The zero-order valence-electron chi connectivity index (χ0n) is 12.2. The van der Waals surface area contributed by atoms with Crippen LogP contribution >= 0.6 is 11.8 Å². The van der Waals surface area contributed by atoms with Gasteiger partial charge in [0.05, 0.1) is 0 Å². The van der Waals surface area contributed by atoms with Gasteiger partial charge < -0.3 is 15.0 Å². The van der Waals surface area contributed by atoms with Crippen molar-refractivity contribution < 1.29 is 9.90 Å². The molecule has 1 heterocycles. The van der Waals surface area contributed by atoms with Crippen molar-refractivity contribution in [3.8, 4) is 0 Å². The first-order valence-electron chi connectivity index (χ1n) is 6.48. The minimum absolute atomic E-state index is 0.314. The van der Waals surface area contributed by atoms with E-state index in [4.69, 9.17) is 0 Å². The largest absolute Gasteiger partial charge is 0.480 e. The first kappa shape index (κ1) is 15.5. The summed E-state index contributed by atoms with van der Waals surface area (Å²) in [6.45, 7) is 1.86. The molecule has 0 aliphatic rings. The van der Waals surface area contributed by atoms with Crippen molar-refractivity contribution in [1.29, 1.82) is 0 Å². The molecule has 0 spiro atoms. The van der Waals surface area contributed by atoms with Gasteiger partial charge in [-0.25, -0.2) is 4.79 Å². The van der Waals surface area contributed by atoms with Crippen molar-refractivity contribution in [2.24, 2.45) is 7.05 Å². The molecule has 2 rings (SSSR count). The van der Waals surface area contributed by atoms with E-state index in [-0.39, 0.29) is 0 Å². The number of nitrogens with zero attached hydrogens (tertiary/aromatic N) is 3. The summed E-state index contributed by atoms with van der Waals surface area (Å²) in [5, 5.41) is 21.4. The maximum absolute atomic E-state index is 11.8. The van der Waals surface area contributed by atoms with Gasteiger partial charge in [-0.15, -0.1) is 10.2 Å². The Balaban J connectivity index is 2.29. The van der Waals surface area contributed by atoms with Gasteiger partial charge in [0.25, 0.3) is 0 Å². The number of carboxylic acid groups (broad SMARTS) is 1. The predicted octanol–water partition coefficient (Wildman–Crippen LogP) is 1.42. The molecule has 1 aromatic heterocycles. The Labute approximate surface area is 127 Å². The minimum atomic E-state index is -1.16. The molecule has 0 bridgehead atoms. The summed E-state index contributed by atoms with van der Waals surface area (Å²) in [6.07, 6.45) is 0. The van der Waals surface area contributed by atoms with E-state index in [9.17, 15) is 9.90 Å². The lowest BCUT2D eigenvalue weighted by Crippen LogP contribution is -2.49. The fraction of sp³-hybridized carbons (Fsp3) is 0.357. The zero-order chi connectivity index (χ0) is 15.5. The van der Waals surface area contributed by atoms with Crippen LogP contribution in [0.2, 0.25) is 0 Å². The number of hydrogen-bond donors (Lipinski definition) is 2. The van der Waals surface area contributed by atoms with Crippen molar-refractivity contribution >= 4 is 17.7 Å². The summed E-state index contributed by atoms with van der Waals surface area (Å²) in [4.78, 5) is 11.8. The quantitative estimate of drug-likeness (QED) is 0.786. The van der Waals surface area contributed by atoms with E-state index in [2.05, 4.69) is 15.5 Å². The first-order chi connectivity index (χ1) is 10.0. The molecule has 1 aromatic carbocycles. The molecule has 1 atom stereocenters. The van der Waals surface area contributed by atoms with Gasteiger partial charge in [-0.3, -0.25) is 0 Å². The van der Waals surface area contributed by atoms with Crippen LogP contribution in [-0.4, -0.2) is 38.6 Å². The van der Waals surface area contributed by atoms with Crippen molar-refractivity contribution in [3.05, 3.63) is 41.7 Å². The standard InChI is InChI=1S/C14H18N4O2S/c1-10-16-17-13(18(10)3)21-9-14(15-2,12(19)20)11-7-5-4-6-8-11/h4-8,15H,9H2,1-3H3,(H,19,20). The van der Waals surface area contributed by atoms with Gasteiger partial charge in [-0.05, 0) is 19.5 Å². The van der Waals surface area contributed by atoms with Gasteiger partial charge in [0.1, 0.15) is 5.82 Å². The molecule has 0 saturated carbocycles. The fourth-order valence-electron chi connectivity index (χ4n) is 2.00. The van der Waals surface area contributed by atoms with Crippen molar-refractivity contribution in [3.63, 3.8) is 0 Å². The van der Waals surface area contributed by atoms with Gasteiger partial charge in [0.2, 0.25) is 0 Å². The second kappa shape index (κ2) is 6.28. The van der Waals surface area contributed by atoms with Crippen LogP contribution in [0.15, 0.2) is 35.5 Å². The first-order valence-corrected chi connectivity index (χ1v) is 7.46. The van der Waals surface area contributed by atoms with Crippen molar-refractivity contribution in [1.82, 2.24) is 20.1 Å². The summed E-state index contributed by atoms with van der Waals surface area (Å²) in [6, 6.07) is 9.16. The highest BCUT2D eigenvalue weighted by atomic mass is 32.2. The highest BCUT2D eigenvalue weighted by Crippen LogP contribution is 2.29. The van der Waals surface area contributed by atoms with Gasteiger partial charge in [-0.2, -0.15) is 0 Å². The molecular weight excluding hydrogens is 288 g/mol. The summed E-state index contributed by atoms with van der Waals surface area (Å²) < 4.78 is 1.85. The number of carbonyl (C=O) groups is 1. The minimum Gasteiger partial charge on any atom is -0.480 e. The van der Waals surface area contributed by atoms with E-state index in [1.54, 1.807) is 7.05 Å². The molecule has 0 aliphatic carbocycles. The number of thioether (sulfide) groups is 1. The van der Waals surface area contributed by atoms with Crippen LogP contribution in [0.3, 0.4) is 0 Å². The molecule has 21 heavy (non-hydrogen) atoms. The third-order valence-corrected chi connectivity index (χ3v) is 4.72. The molecule has 0 radical (unpaired) electrons. The summed E-state index contributed by atoms with van der Waals surface area (Å²) in [5.74, 6) is 0.194. The molecule has 7 heteroatoms. The maximum Gasteiger partial charge on any atom is 0.329 e. The molecule has 2 aromatic rings. The van der Waals surface area contributed by atoms with E-state index in [0.29, 0.717) is 16.5 Å². The van der Waals surface area contributed by atoms with Gasteiger partial charge in [-0.1, -0.05) is 42.1 Å². The Morgan fingerprint density at radius 3 is 2.52 bits per heavy atom. The van der Waals surface area contributed by atoms with Crippen LogP contribution in [0.25, 0.3) is 0 Å². The van der Waals surface area contributed by atoms with Gasteiger partial charge >= 0.3 is 5.97 Å². The van der Waals surface area contributed by atoms with Crippen molar-refractivity contribution in [2.45, 2.75) is 17.6 Å². The number of carboxylic acids is 1. The van der Waals surface area contributed by atoms with Crippen molar-refractivity contribution in [2.75, 3.05) is 12.8 Å². The number of rotatable bonds is 6. The van der Waals surface area contributed by atoms with Gasteiger partial charge in [0.15, 0.2) is 10.7 Å². The molecule has 6 nitrogen and oxygen atoms in total. The lowest BCUT2D eigenvalue weighted by atomic mass is 9.92. The van der Waals surface area contributed by atoms with Crippen LogP contribution in [-0.2, 0) is 17.4 Å². The highest BCUT2D eigenvalue weighted by Gasteiger charge is 2.39. The molecule has 112 valence electrons. The number of aryl methyl sites for hydroxylation is 1. The fourth-order valence-corrected chi connectivity index (χ4v) is 3.21. The third-order valence-electron chi connectivity index (χ3n) is 3.53. The van der Waals surface area contributed by atoms with Crippen LogP contribution in [0, 0.1) is 6.92 Å². The second-order valence-electron chi connectivity index (χ2n) is 4.70. The number of aromatic nitrogens is 3. The average molecular weight is 306 g/mol. The molecule has 0 saturated heterocycles. The lowest BCUT2D eigenvalue weighted by Gasteiger charge is -2.29. The maximum atomic E-state index is 11.8. The van der Waals surface area contributed by atoms with Crippen LogP contribution in [0.5, 0.6) is 0 Å². The summed E-state index contributed by atoms with van der Waals surface area (Å²) >= 11 is 1.37. The topological polar surface area (TPSA) is 80.0 Å². The van der Waals surface area contributed by atoms with Crippen LogP contribution in [0.4, 0.5) is 0 Å². The Kier molecular flexibility index (Phi) is 4.64. The second-order valence-corrected chi connectivity index (χ2v) is 5.65. The SMILES string of the molecule is CNC(CSc1nnc(C)n1C)(C(=O)O)c1ccccc1. The van der Waals surface area contributed by atoms with E-state index in [1.807, 2.05) is 48.9 Å².